The van der Waals surface area contributed by atoms with Crippen molar-refractivity contribution in [3.63, 3.8) is 0 Å². The van der Waals surface area contributed by atoms with Crippen LogP contribution in [0.2, 0.25) is 0 Å². The van der Waals surface area contributed by atoms with Gasteiger partial charge in [-0.25, -0.2) is 0 Å². The maximum absolute atomic E-state index is 5.74. The minimum Gasteiger partial charge on any atom is -0.460 e. The van der Waals surface area contributed by atoms with Crippen LogP contribution in [-0.4, -0.2) is 6.02 Å². The van der Waals surface area contributed by atoms with Gasteiger partial charge in [0.15, 0.2) is 0 Å². The zero-order valence-corrected chi connectivity index (χ0v) is 14.2. The molecule has 0 aliphatic carbocycles. The van der Waals surface area contributed by atoms with Gasteiger partial charge in [-0.3, -0.25) is 0 Å². The minimum absolute atomic E-state index is 0.159. The third kappa shape index (κ3) is 3.20. The molecular formula is C17H17IN2O. The monoisotopic (exact) mass is 392 g/mol. The van der Waals surface area contributed by atoms with Gasteiger partial charge >= 0.3 is 0 Å². The summed E-state index contributed by atoms with van der Waals surface area (Å²) in [7, 11) is 0. The SMILES string of the molecule is Cc1cccc2c1COC(N[C@H](C)c1ccc(I)cc1)=N2. The highest BCUT2D eigenvalue weighted by Crippen LogP contribution is 2.27. The Bertz CT molecular complexity index is 680. The molecule has 1 aliphatic rings. The molecule has 0 saturated carbocycles. The number of halogens is 1. The van der Waals surface area contributed by atoms with Gasteiger partial charge in [-0.1, -0.05) is 24.3 Å². The van der Waals surface area contributed by atoms with E-state index < -0.39 is 0 Å². The summed E-state index contributed by atoms with van der Waals surface area (Å²) in [6, 6.07) is 15.4. The number of rotatable bonds is 2. The number of aryl methyl sites for hydroxylation is 1. The molecule has 0 aromatic heterocycles. The van der Waals surface area contributed by atoms with Crippen molar-refractivity contribution in [3.05, 3.63) is 62.7 Å². The number of aliphatic imine (C=N–C) groups is 1. The largest absolute Gasteiger partial charge is 0.460 e. The molecular weight excluding hydrogens is 375 g/mol. The van der Waals surface area contributed by atoms with Crippen molar-refractivity contribution < 1.29 is 4.74 Å². The predicted octanol–water partition coefficient (Wildman–Crippen LogP) is 4.47. The number of ether oxygens (including phenoxy) is 1. The molecule has 2 aromatic carbocycles. The first kappa shape index (κ1) is 14.4. The molecule has 21 heavy (non-hydrogen) atoms. The second kappa shape index (κ2) is 6.05. The zero-order chi connectivity index (χ0) is 14.8. The summed E-state index contributed by atoms with van der Waals surface area (Å²) in [4.78, 5) is 4.57. The van der Waals surface area contributed by atoms with E-state index in [0.29, 0.717) is 12.6 Å². The Labute approximate surface area is 138 Å². The molecule has 0 radical (unpaired) electrons. The van der Waals surface area contributed by atoms with E-state index in [2.05, 4.69) is 77.1 Å². The smallest absolute Gasteiger partial charge is 0.290 e. The number of fused-ring (bicyclic) bond motifs is 1. The maximum Gasteiger partial charge on any atom is 0.290 e. The van der Waals surface area contributed by atoms with Crippen LogP contribution in [0.4, 0.5) is 5.69 Å². The number of nitrogens with zero attached hydrogens (tertiary/aromatic N) is 1. The molecule has 1 atom stereocenters. The molecule has 3 rings (SSSR count). The molecule has 1 heterocycles. The number of hydrogen-bond acceptors (Lipinski definition) is 3. The van der Waals surface area contributed by atoms with Crippen LogP contribution in [0.3, 0.4) is 0 Å². The molecule has 0 amide bonds. The van der Waals surface area contributed by atoms with Gasteiger partial charge in [0, 0.05) is 9.13 Å². The maximum atomic E-state index is 5.74. The Hall–Kier alpha value is -1.56. The number of hydrogen-bond donors (Lipinski definition) is 1. The molecule has 1 N–H and O–H groups in total. The summed E-state index contributed by atoms with van der Waals surface area (Å²) in [5.74, 6) is 0. The summed E-state index contributed by atoms with van der Waals surface area (Å²) in [5, 5.41) is 3.34. The lowest BCUT2D eigenvalue weighted by molar-refractivity contribution is 0.266. The van der Waals surface area contributed by atoms with Crippen molar-refractivity contribution in [3.8, 4) is 0 Å². The van der Waals surface area contributed by atoms with Crippen LogP contribution >= 0.6 is 22.6 Å². The van der Waals surface area contributed by atoms with Gasteiger partial charge in [-0.15, -0.1) is 0 Å². The molecule has 0 unspecified atom stereocenters. The molecule has 3 nitrogen and oxygen atoms in total. The first-order chi connectivity index (χ1) is 10.1. The average Bonchev–Trinajstić information content (AvgIpc) is 2.48. The lowest BCUT2D eigenvalue weighted by atomic mass is 10.1. The average molecular weight is 392 g/mol. The third-order valence-electron chi connectivity index (χ3n) is 3.67. The highest BCUT2D eigenvalue weighted by Gasteiger charge is 2.16. The summed E-state index contributed by atoms with van der Waals surface area (Å²) < 4.78 is 6.97. The van der Waals surface area contributed by atoms with Crippen LogP contribution < -0.4 is 5.32 Å². The van der Waals surface area contributed by atoms with Crippen molar-refractivity contribution in [2.75, 3.05) is 0 Å². The summed E-state index contributed by atoms with van der Waals surface area (Å²) >= 11 is 2.31. The first-order valence-corrected chi connectivity index (χ1v) is 8.03. The van der Waals surface area contributed by atoms with Gasteiger partial charge < -0.3 is 10.1 Å². The topological polar surface area (TPSA) is 33.6 Å². The highest BCUT2D eigenvalue weighted by atomic mass is 127. The Balaban J connectivity index is 1.78. The molecule has 2 aromatic rings. The predicted molar refractivity (Wildman–Crippen MR) is 93.8 cm³/mol. The molecule has 1 aliphatic heterocycles. The second-order valence-corrected chi connectivity index (χ2v) is 6.44. The van der Waals surface area contributed by atoms with Crippen LogP contribution in [0, 0.1) is 10.5 Å². The van der Waals surface area contributed by atoms with Crippen LogP contribution in [-0.2, 0) is 11.3 Å². The Morgan fingerprint density at radius 2 is 1.95 bits per heavy atom. The minimum atomic E-state index is 0.159. The van der Waals surface area contributed by atoms with E-state index in [-0.39, 0.29) is 6.04 Å². The Kier molecular flexibility index (Phi) is 4.14. The molecule has 0 spiro atoms. The molecule has 4 heteroatoms. The van der Waals surface area contributed by atoms with E-state index >= 15 is 0 Å². The fourth-order valence-corrected chi connectivity index (χ4v) is 2.72. The van der Waals surface area contributed by atoms with E-state index in [4.69, 9.17) is 4.74 Å². The van der Waals surface area contributed by atoms with Crippen molar-refractivity contribution >= 4 is 34.3 Å². The summed E-state index contributed by atoms with van der Waals surface area (Å²) in [5.41, 5.74) is 4.61. The van der Waals surface area contributed by atoms with E-state index in [1.54, 1.807) is 0 Å². The molecule has 0 bridgehead atoms. The summed E-state index contributed by atoms with van der Waals surface area (Å²) in [6.07, 6.45) is 0. The Morgan fingerprint density at radius 3 is 2.71 bits per heavy atom. The van der Waals surface area contributed by atoms with Crippen LogP contribution in [0.1, 0.15) is 29.7 Å². The van der Waals surface area contributed by atoms with Gasteiger partial charge in [0.2, 0.25) is 0 Å². The molecule has 0 fully saturated rings. The number of nitrogens with one attached hydrogen (secondary N) is 1. The van der Waals surface area contributed by atoms with Gasteiger partial charge in [0.05, 0.1) is 11.7 Å². The number of amidine groups is 1. The van der Waals surface area contributed by atoms with Crippen molar-refractivity contribution in [2.24, 2.45) is 4.99 Å². The third-order valence-corrected chi connectivity index (χ3v) is 4.39. The lowest BCUT2D eigenvalue weighted by Crippen LogP contribution is -2.30. The summed E-state index contributed by atoms with van der Waals surface area (Å²) in [6.45, 7) is 4.78. The van der Waals surface area contributed by atoms with E-state index in [9.17, 15) is 0 Å². The van der Waals surface area contributed by atoms with Crippen LogP contribution in [0.5, 0.6) is 0 Å². The van der Waals surface area contributed by atoms with E-state index in [1.165, 1.54) is 20.3 Å². The highest BCUT2D eigenvalue weighted by molar-refractivity contribution is 14.1. The van der Waals surface area contributed by atoms with Gasteiger partial charge in [0.25, 0.3) is 6.02 Å². The Morgan fingerprint density at radius 1 is 1.19 bits per heavy atom. The first-order valence-electron chi connectivity index (χ1n) is 6.95. The quantitative estimate of drug-likeness (QED) is 0.766. The van der Waals surface area contributed by atoms with E-state index in [0.717, 1.165) is 5.69 Å². The second-order valence-electron chi connectivity index (χ2n) is 5.20. The fourth-order valence-electron chi connectivity index (χ4n) is 2.36. The normalized spacial score (nSPS) is 14.7. The van der Waals surface area contributed by atoms with Crippen LogP contribution in [0.15, 0.2) is 47.5 Å². The standard InChI is InChI=1S/C17H17IN2O/c1-11-4-3-5-16-15(11)10-21-17(20-16)19-12(2)13-6-8-14(18)9-7-13/h3-9,12H,10H2,1-2H3,(H,19,20)/t12-/m1/s1. The van der Waals surface area contributed by atoms with Crippen molar-refractivity contribution in [1.82, 2.24) is 5.32 Å². The van der Waals surface area contributed by atoms with Crippen molar-refractivity contribution in [2.45, 2.75) is 26.5 Å². The van der Waals surface area contributed by atoms with Gasteiger partial charge in [-0.05, 0) is 65.8 Å². The van der Waals surface area contributed by atoms with Crippen LogP contribution in [0.25, 0.3) is 0 Å². The lowest BCUT2D eigenvalue weighted by Gasteiger charge is -2.22. The fraction of sp³-hybridized carbons (Fsp3) is 0.235. The number of benzene rings is 2. The molecule has 108 valence electrons. The van der Waals surface area contributed by atoms with E-state index in [1.807, 2.05) is 12.1 Å². The molecule has 0 saturated heterocycles. The van der Waals surface area contributed by atoms with Gasteiger partial charge in [-0.2, -0.15) is 4.99 Å². The zero-order valence-electron chi connectivity index (χ0n) is 12.1. The van der Waals surface area contributed by atoms with Crippen molar-refractivity contribution in [1.29, 1.82) is 0 Å². The van der Waals surface area contributed by atoms with Gasteiger partial charge in [0.1, 0.15) is 6.61 Å².